The molecule has 2 N–H and O–H groups in total. The van der Waals surface area contributed by atoms with Crippen LogP contribution in [0.1, 0.15) is 82.3 Å². The number of rotatable bonds is 5. The molecule has 29 heavy (non-hydrogen) atoms. The Morgan fingerprint density at radius 1 is 0.690 bits per heavy atom. The van der Waals surface area contributed by atoms with E-state index in [1.54, 1.807) is 0 Å². The van der Waals surface area contributed by atoms with Crippen LogP contribution in [0.4, 0.5) is 0 Å². The van der Waals surface area contributed by atoms with E-state index in [4.69, 9.17) is 0 Å². The van der Waals surface area contributed by atoms with E-state index >= 15 is 0 Å². The van der Waals surface area contributed by atoms with Crippen molar-refractivity contribution in [1.82, 2.24) is 0 Å². The first kappa shape index (κ1) is 20.3. The quantitative estimate of drug-likeness (QED) is 0.566. The minimum Gasteiger partial charge on any atom is -0.508 e. The van der Waals surface area contributed by atoms with Crippen LogP contribution in [-0.4, -0.2) is 10.2 Å². The molecule has 2 aliphatic rings. The minimum atomic E-state index is -0.00267. The van der Waals surface area contributed by atoms with Gasteiger partial charge in [-0.25, -0.2) is 0 Å². The van der Waals surface area contributed by atoms with E-state index in [9.17, 15) is 10.2 Å². The van der Waals surface area contributed by atoms with Crippen molar-refractivity contribution >= 4 is 0 Å². The lowest BCUT2D eigenvalue weighted by Gasteiger charge is -2.44. The Balaban J connectivity index is 1.51. The van der Waals surface area contributed by atoms with Crippen molar-refractivity contribution in [2.45, 2.75) is 76.5 Å². The van der Waals surface area contributed by atoms with Crippen LogP contribution in [0.15, 0.2) is 48.5 Å². The molecule has 2 fully saturated rings. The lowest BCUT2D eigenvalue weighted by Crippen LogP contribution is -2.35. The minimum absolute atomic E-state index is 0.00267. The van der Waals surface area contributed by atoms with Crippen molar-refractivity contribution in [3.63, 3.8) is 0 Å². The molecule has 2 aliphatic carbocycles. The standard InChI is InChI=1S/C27H36O2/c1-2-3-20-4-6-21(7-5-20)22-16-18-27(19-17-22,23-8-12-25(28)13-9-23)24-10-14-26(29)15-11-24/h8-15,20-22,28-29H,2-7,16-19H2,1H3/t20-,21+. The van der Waals surface area contributed by atoms with Gasteiger partial charge in [-0.1, -0.05) is 56.9 Å². The third-order valence-electron chi connectivity index (χ3n) is 7.98. The first-order valence-electron chi connectivity index (χ1n) is 11.7. The van der Waals surface area contributed by atoms with Gasteiger partial charge in [0.25, 0.3) is 0 Å². The van der Waals surface area contributed by atoms with Gasteiger partial charge in [0.05, 0.1) is 0 Å². The largest absolute Gasteiger partial charge is 0.508 e. The fraction of sp³-hybridized carbons (Fsp3) is 0.556. The van der Waals surface area contributed by atoms with Gasteiger partial charge in [0, 0.05) is 5.41 Å². The summed E-state index contributed by atoms with van der Waals surface area (Å²) >= 11 is 0. The second kappa shape index (κ2) is 8.81. The molecule has 0 amide bonds. The average Bonchev–Trinajstić information content (AvgIpc) is 2.76. The molecular weight excluding hydrogens is 356 g/mol. The summed E-state index contributed by atoms with van der Waals surface area (Å²) in [5.41, 5.74) is 2.59. The molecule has 2 saturated carbocycles. The van der Waals surface area contributed by atoms with Gasteiger partial charge in [-0.05, 0) is 91.7 Å². The summed E-state index contributed by atoms with van der Waals surface area (Å²) < 4.78 is 0. The van der Waals surface area contributed by atoms with E-state index in [1.165, 1.54) is 62.5 Å². The zero-order chi connectivity index (χ0) is 20.3. The SMILES string of the molecule is CCC[C@H]1CC[C@@H](C2CCC(c3ccc(O)cc3)(c3ccc(O)cc3)CC2)CC1. The molecule has 0 saturated heterocycles. The van der Waals surface area contributed by atoms with Crippen LogP contribution in [0.3, 0.4) is 0 Å². The van der Waals surface area contributed by atoms with Crippen LogP contribution in [0.25, 0.3) is 0 Å². The molecule has 0 atom stereocenters. The first-order valence-corrected chi connectivity index (χ1v) is 11.7. The van der Waals surface area contributed by atoms with Gasteiger partial charge in [0.15, 0.2) is 0 Å². The smallest absolute Gasteiger partial charge is 0.115 e. The summed E-state index contributed by atoms with van der Waals surface area (Å²) in [6, 6.07) is 15.7. The summed E-state index contributed by atoms with van der Waals surface area (Å²) in [5.74, 6) is 3.41. The van der Waals surface area contributed by atoms with Crippen LogP contribution in [0, 0.1) is 17.8 Å². The van der Waals surface area contributed by atoms with Crippen molar-refractivity contribution < 1.29 is 10.2 Å². The molecule has 4 rings (SSSR count). The second-order valence-electron chi connectivity index (χ2n) is 9.58. The molecule has 2 nitrogen and oxygen atoms in total. The van der Waals surface area contributed by atoms with Crippen molar-refractivity contribution in [3.05, 3.63) is 59.7 Å². The summed E-state index contributed by atoms with van der Waals surface area (Å²) in [5, 5.41) is 19.6. The zero-order valence-electron chi connectivity index (χ0n) is 17.8. The number of aromatic hydroxyl groups is 2. The van der Waals surface area contributed by atoms with Gasteiger partial charge in [-0.3, -0.25) is 0 Å². The van der Waals surface area contributed by atoms with Crippen LogP contribution in [0.5, 0.6) is 11.5 Å². The van der Waals surface area contributed by atoms with Crippen LogP contribution in [0.2, 0.25) is 0 Å². The fourth-order valence-corrected chi connectivity index (χ4v) is 6.27. The molecule has 0 bridgehead atoms. The highest BCUT2D eigenvalue weighted by Crippen LogP contribution is 2.50. The highest BCUT2D eigenvalue weighted by molar-refractivity contribution is 5.43. The predicted octanol–water partition coefficient (Wildman–Crippen LogP) is 7.18. The van der Waals surface area contributed by atoms with Gasteiger partial charge in [-0.2, -0.15) is 0 Å². The topological polar surface area (TPSA) is 40.5 Å². The average molecular weight is 393 g/mol. The third-order valence-corrected chi connectivity index (χ3v) is 7.98. The maximum atomic E-state index is 9.78. The molecule has 2 aromatic carbocycles. The number of phenols is 2. The maximum Gasteiger partial charge on any atom is 0.115 e. The fourth-order valence-electron chi connectivity index (χ4n) is 6.27. The van der Waals surface area contributed by atoms with Gasteiger partial charge >= 0.3 is 0 Å². The predicted molar refractivity (Wildman–Crippen MR) is 119 cm³/mol. The number of hydrogen-bond acceptors (Lipinski definition) is 2. The van der Waals surface area contributed by atoms with E-state index < -0.39 is 0 Å². The number of benzene rings is 2. The Morgan fingerprint density at radius 2 is 1.14 bits per heavy atom. The lowest BCUT2D eigenvalue weighted by atomic mass is 9.60. The summed E-state index contributed by atoms with van der Waals surface area (Å²) in [4.78, 5) is 0. The highest BCUT2D eigenvalue weighted by atomic mass is 16.3. The Morgan fingerprint density at radius 3 is 1.59 bits per heavy atom. The molecule has 0 heterocycles. The molecule has 0 unspecified atom stereocenters. The Bertz CT molecular complexity index is 714. The Labute approximate surface area is 176 Å². The van der Waals surface area contributed by atoms with Crippen molar-refractivity contribution in [3.8, 4) is 11.5 Å². The van der Waals surface area contributed by atoms with E-state index in [-0.39, 0.29) is 5.41 Å². The normalized spacial score (nSPS) is 25.0. The van der Waals surface area contributed by atoms with E-state index in [0.29, 0.717) is 11.5 Å². The van der Waals surface area contributed by atoms with Gasteiger partial charge in [0.2, 0.25) is 0 Å². The van der Waals surface area contributed by atoms with E-state index in [2.05, 4.69) is 31.2 Å². The van der Waals surface area contributed by atoms with Crippen molar-refractivity contribution in [1.29, 1.82) is 0 Å². The van der Waals surface area contributed by atoms with E-state index in [1.807, 2.05) is 24.3 Å². The Kier molecular flexibility index (Phi) is 6.18. The summed E-state index contributed by atoms with van der Waals surface area (Å²) in [6.45, 7) is 2.32. The number of hydrogen-bond donors (Lipinski definition) is 2. The monoisotopic (exact) mass is 392 g/mol. The molecule has 2 aromatic rings. The van der Waals surface area contributed by atoms with Crippen LogP contribution < -0.4 is 0 Å². The molecule has 0 aliphatic heterocycles. The molecule has 2 heteroatoms. The van der Waals surface area contributed by atoms with Crippen LogP contribution in [-0.2, 0) is 5.41 Å². The summed E-state index contributed by atoms with van der Waals surface area (Å²) in [7, 11) is 0. The molecule has 0 radical (unpaired) electrons. The van der Waals surface area contributed by atoms with Gasteiger partial charge in [-0.15, -0.1) is 0 Å². The zero-order valence-corrected chi connectivity index (χ0v) is 17.8. The van der Waals surface area contributed by atoms with Crippen molar-refractivity contribution in [2.75, 3.05) is 0 Å². The van der Waals surface area contributed by atoms with Crippen LogP contribution >= 0.6 is 0 Å². The lowest BCUT2D eigenvalue weighted by molar-refractivity contribution is 0.141. The summed E-state index contributed by atoms with van der Waals surface area (Å²) in [6.07, 6.45) is 13.4. The molecular formula is C27H36O2. The second-order valence-corrected chi connectivity index (χ2v) is 9.58. The Hall–Kier alpha value is -1.96. The van der Waals surface area contributed by atoms with Gasteiger partial charge < -0.3 is 10.2 Å². The molecule has 0 spiro atoms. The maximum absolute atomic E-state index is 9.78. The number of phenolic OH excluding ortho intramolecular Hbond substituents is 2. The molecule has 156 valence electrons. The van der Waals surface area contributed by atoms with E-state index in [0.717, 1.165) is 30.6 Å². The first-order chi connectivity index (χ1) is 14.1. The van der Waals surface area contributed by atoms with Gasteiger partial charge in [0.1, 0.15) is 11.5 Å². The highest BCUT2D eigenvalue weighted by Gasteiger charge is 2.40. The molecule has 0 aromatic heterocycles. The van der Waals surface area contributed by atoms with Crippen molar-refractivity contribution in [2.24, 2.45) is 17.8 Å². The third kappa shape index (κ3) is 4.32.